The number of hydrogen-bond acceptors (Lipinski definition) is 6. The first-order valence-corrected chi connectivity index (χ1v) is 7.43. The zero-order valence-electron chi connectivity index (χ0n) is 11.3. The molecule has 0 aromatic carbocycles. The van der Waals surface area contributed by atoms with E-state index >= 15 is 0 Å². The van der Waals surface area contributed by atoms with Crippen molar-refractivity contribution >= 4 is 19.2 Å². The Kier molecular flexibility index (Phi) is 8.62. The summed E-state index contributed by atoms with van der Waals surface area (Å²) < 4.78 is 22.5. The lowest BCUT2D eigenvalue weighted by molar-refractivity contribution is 0.196. The zero-order chi connectivity index (χ0) is 14.0. The molecule has 0 fully saturated rings. The fourth-order valence-corrected chi connectivity index (χ4v) is 2.12. The zero-order valence-corrected chi connectivity index (χ0v) is 12.2. The minimum atomic E-state index is -3.43. The number of nitrogens with one attached hydrogen (secondary N) is 1. The molecule has 0 rings (SSSR count). The van der Waals surface area contributed by atoms with Gasteiger partial charge < -0.3 is 5.21 Å². The quantitative estimate of drug-likeness (QED) is 0.293. The van der Waals surface area contributed by atoms with Crippen molar-refractivity contribution in [3.63, 3.8) is 0 Å². The Morgan fingerprint density at radius 1 is 1.17 bits per heavy atom. The van der Waals surface area contributed by atoms with E-state index in [-0.39, 0.29) is 0 Å². The third-order valence-corrected chi connectivity index (χ3v) is 3.33. The Morgan fingerprint density at radius 3 is 2.06 bits per heavy atom. The number of rotatable bonds is 9. The Morgan fingerprint density at radius 2 is 1.67 bits per heavy atom. The van der Waals surface area contributed by atoms with Gasteiger partial charge in [-0.05, 0) is 26.7 Å². The minimum absolute atomic E-state index is 0.315. The van der Waals surface area contributed by atoms with E-state index in [0.29, 0.717) is 24.6 Å². The molecule has 7 nitrogen and oxygen atoms in total. The third kappa shape index (κ3) is 6.74. The second-order valence-corrected chi connectivity index (χ2v) is 5.36. The van der Waals surface area contributed by atoms with Gasteiger partial charge in [0.2, 0.25) is 0 Å². The maximum absolute atomic E-state index is 12.2. The maximum atomic E-state index is 12.2. The molecule has 0 amide bonds. The maximum Gasteiger partial charge on any atom is 0.448 e. The van der Waals surface area contributed by atoms with Crippen LogP contribution in [0.1, 0.15) is 40.5 Å². The summed E-state index contributed by atoms with van der Waals surface area (Å²) in [6.07, 6.45) is 1.45. The molecule has 8 heteroatoms. The Labute approximate surface area is 108 Å². The molecule has 0 aromatic rings. The molecule has 0 aromatic heterocycles. The van der Waals surface area contributed by atoms with Gasteiger partial charge in [0, 0.05) is 0 Å². The SMILES string of the molecule is CCCOP(=O)(N/N=C(C)/C(C)=N/O)OCCC. The smallest absolute Gasteiger partial charge is 0.411 e. The summed E-state index contributed by atoms with van der Waals surface area (Å²) in [4.78, 5) is 0. The Bertz CT molecular complexity index is 332. The van der Waals surface area contributed by atoms with Gasteiger partial charge in [-0.1, -0.05) is 19.0 Å². The van der Waals surface area contributed by atoms with Crippen molar-refractivity contribution in [2.24, 2.45) is 10.3 Å². The van der Waals surface area contributed by atoms with Gasteiger partial charge in [-0.25, -0.2) is 9.76 Å². The van der Waals surface area contributed by atoms with Crippen LogP contribution < -0.4 is 5.20 Å². The molecular weight excluding hydrogens is 257 g/mol. The number of oxime groups is 1. The van der Waals surface area contributed by atoms with Gasteiger partial charge in [-0.3, -0.25) is 9.05 Å². The third-order valence-electron chi connectivity index (χ3n) is 1.94. The van der Waals surface area contributed by atoms with Gasteiger partial charge in [0.1, 0.15) is 0 Å². The first-order valence-electron chi connectivity index (χ1n) is 5.88. The van der Waals surface area contributed by atoms with Crippen LogP contribution in [-0.2, 0) is 13.6 Å². The van der Waals surface area contributed by atoms with Gasteiger partial charge in [0.25, 0.3) is 0 Å². The lowest BCUT2D eigenvalue weighted by Crippen LogP contribution is -2.15. The van der Waals surface area contributed by atoms with Gasteiger partial charge in [-0.2, -0.15) is 5.10 Å². The van der Waals surface area contributed by atoms with Crippen LogP contribution in [0, 0.1) is 0 Å². The second-order valence-electron chi connectivity index (χ2n) is 3.65. The highest BCUT2D eigenvalue weighted by atomic mass is 31.2. The predicted octanol–water partition coefficient (Wildman–Crippen LogP) is 2.76. The van der Waals surface area contributed by atoms with Crippen LogP contribution in [-0.4, -0.2) is 29.8 Å². The molecule has 0 saturated carbocycles. The van der Waals surface area contributed by atoms with Crippen LogP contribution in [0.4, 0.5) is 0 Å². The van der Waals surface area contributed by atoms with Gasteiger partial charge >= 0.3 is 7.75 Å². The molecule has 0 unspecified atom stereocenters. The first-order chi connectivity index (χ1) is 8.49. The van der Waals surface area contributed by atoms with E-state index in [0.717, 1.165) is 12.8 Å². The first kappa shape index (κ1) is 17.1. The van der Waals surface area contributed by atoms with E-state index in [1.54, 1.807) is 13.8 Å². The average molecular weight is 279 g/mol. The molecule has 0 spiro atoms. The molecule has 0 bridgehead atoms. The van der Waals surface area contributed by atoms with Crippen LogP contribution >= 0.6 is 7.75 Å². The molecule has 0 heterocycles. The highest BCUT2D eigenvalue weighted by molar-refractivity contribution is 7.51. The molecule has 0 aliphatic heterocycles. The summed E-state index contributed by atoms with van der Waals surface area (Å²) in [6, 6.07) is 0. The van der Waals surface area contributed by atoms with Crippen molar-refractivity contribution in [2.45, 2.75) is 40.5 Å². The number of hydrazone groups is 1. The van der Waals surface area contributed by atoms with E-state index in [1.165, 1.54) is 0 Å². The number of nitrogens with zero attached hydrogens (tertiary/aromatic N) is 2. The van der Waals surface area contributed by atoms with Crippen LogP contribution in [0.15, 0.2) is 10.3 Å². The van der Waals surface area contributed by atoms with E-state index in [9.17, 15) is 4.57 Å². The monoisotopic (exact) mass is 279 g/mol. The van der Waals surface area contributed by atoms with E-state index < -0.39 is 7.75 Å². The second kappa shape index (κ2) is 9.08. The highest BCUT2D eigenvalue weighted by Crippen LogP contribution is 2.43. The largest absolute Gasteiger partial charge is 0.448 e. The van der Waals surface area contributed by atoms with Crippen LogP contribution in [0.5, 0.6) is 0 Å². The summed E-state index contributed by atoms with van der Waals surface area (Å²) in [6.45, 7) is 7.63. The molecular formula is C10H22N3O4P. The summed E-state index contributed by atoms with van der Waals surface area (Å²) >= 11 is 0. The lowest BCUT2D eigenvalue weighted by atomic mass is 10.3. The topological polar surface area (TPSA) is 92.5 Å². The van der Waals surface area contributed by atoms with E-state index in [2.05, 4.69) is 15.5 Å². The van der Waals surface area contributed by atoms with Crippen LogP contribution in [0.2, 0.25) is 0 Å². The van der Waals surface area contributed by atoms with Crippen molar-refractivity contribution in [3.8, 4) is 0 Å². The Balaban J connectivity index is 4.63. The molecule has 2 N–H and O–H groups in total. The van der Waals surface area contributed by atoms with Crippen molar-refractivity contribution in [1.29, 1.82) is 0 Å². The normalized spacial score (nSPS) is 13.8. The van der Waals surface area contributed by atoms with Crippen molar-refractivity contribution in [1.82, 2.24) is 5.20 Å². The van der Waals surface area contributed by atoms with Crippen molar-refractivity contribution in [3.05, 3.63) is 0 Å². The van der Waals surface area contributed by atoms with Gasteiger partial charge in [0.05, 0.1) is 24.6 Å². The van der Waals surface area contributed by atoms with Crippen molar-refractivity contribution < 1.29 is 18.8 Å². The molecule has 106 valence electrons. The highest BCUT2D eigenvalue weighted by Gasteiger charge is 2.23. The van der Waals surface area contributed by atoms with E-state index in [1.807, 2.05) is 13.8 Å². The van der Waals surface area contributed by atoms with Crippen molar-refractivity contribution in [2.75, 3.05) is 13.2 Å². The van der Waals surface area contributed by atoms with Gasteiger partial charge in [0.15, 0.2) is 0 Å². The molecule has 18 heavy (non-hydrogen) atoms. The Hall–Kier alpha value is -0.910. The van der Waals surface area contributed by atoms with Gasteiger partial charge in [-0.15, -0.1) is 0 Å². The van der Waals surface area contributed by atoms with Crippen LogP contribution in [0.25, 0.3) is 0 Å². The summed E-state index contributed by atoms with van der Waals surface area (Å²) in [5.74, 6) is 0. The predicted molar refractivity (Wildman–Crippen MR) is 71.2 cm³/mol. The standard InChI is InChI=1S/C10H22N3O4P/c1-5-7-16-18(15,17-8-6-2)13-11-9(3)10(4)12-14/h14H,5-8H2,1-4H3,(H,13,15)/b11-9+,12-10+. The summed E-state index contributed by atoms with van der Waals surface area (Å²) in [5.41, 5.74) is 0.720. The molecule has 0 atom stereocenters. The van der Waals surface area contributed by atoms with E-state index in [4.69, 9.17) is 14.3 Å². The molecule has 0 saturated heterocycles. The minimum Gasteiger partial charge on any atom is -0.411 e. The van der Waals surface area contributed by atoms with Crippen LogP contribution in [0.3, 0.4) is 0 Å². The fraction of sp³-hybridized carbons (Fsp3) is 0.800. The molecule has 0 radical (unpaired) electrons. The summed E-state index contributed by atoms with van der Waals surface area (Å²) in [7, 11) is -3.43. The average Bonchev–Trinajstić information content (AvgIpc) is 2.39. The molecule has 0 aliphatic carbocycles. The molecule has 0 aliphatic rings. The number of hydrogen-bond donors (Lipinski definition) is 2. The lowest BCUT2D eigenvalue weighted by Gasteiger charge is -2.17. The fourth-order valence-electron chi connectivity index (χ4n) is 0.807. The summed E-state index contributed by atoms with van der Waals surface area (Å²) in [5, 5.41) is 17.8.